The average Bonchev–Trinajstić information content (AvgIpc) is 3.10. The molecule has 88 valence electrons. The monoisotopic (exact) mass is 219 g/mol. The van der Waals surface area contributed by atoms with Crippen LogP contribution in [0.15, 0.2) is 18.2 Å². The van der Waals surface area contributed by atoms with Crippen molar-refractivity contribution in [3.05, 3.63) is 29.3 Å². The molecule has 1 atom stereocenters. The largest absolute Gasteiger partial charge is 0.497 e. The maximum absolute atomic E-state index is 5.24. The second-order valence-corrected chi connectivity index (χ2v) is 4.74. The van der Waals surface area contributed by atoms with E-state index in [0.717, 1.165) is 11.7 Å². The Morgan fingerprint density at radius 3 is 2.69 bits per heavy atom. The van der Waals surface area contributed by atoms with Crippen LogP contribution in [0.5, 0.6) is 5.75 Å². The zero-order valence-corrected chi connectivity index (χ0v) is 10.4. The van der Waals surface area contributed by atoms with Gasteiger partial charge in [-0.3, -0.25) is 0 Å². The Kier molecular flexibility index (Phi) is 3.49. The zero-order chi connectivity index (χ0) is 11.5. The van der Waals surface area contributed by atoms with E-state index in [1.807, 2.05) is 0 Å². The van der Waals surface area contributed by atoms with Crippen LogP contribution in [0.25, 0.3) is 0 Å². The van der Waals surface area contributed by atoms with Gasteiger partial charge in [0.25, 0.3) is 0 Å². The lowest BCUT2D eigenvalue weighted by Crippen LogP contribution is -2.18. The molecule has 1 unspecified atom stereocenters. The molecule has 2 rings (SSSR count). The molecule has 1 aromatic rings. The van der Waals surface area contributed by atoms with Crippen molar-refractivity contribution in [3.63, 3.8) is 0 Å². The predicted octanol–water partition coefficient (Wildman–Crippen LogP) is 3.06. The number of ether oxygens (including phenoxy) is 1. The summed E-state index contributed by atoms with van der Waals surface area (Å²) in [4.78, 5) is 0. The van der Waals surface area contributed by atoms with Gasteiger partial charge in [0.1, 0.15) is 5.75 Å². The highest BCUT2D eigenvalue weighted by Crippen LogP contribution is 2.38. The third kappa shape index (κ3) is 2.56. The number of nitrogens with one attached hydrogen (secondary N) is 1. The van der Waals surface area contributed by atoms with E-state index in [0.29, 0.717) is 6.04 Å². The number of hydrogen-bond acceptors (Lipinski definition) is 2. The Bertz CT molecular complexity index is 358. The Morgan fingerprint density at radius 2 is 2.19 bits per heavy atom. The highest BCUT2D eigenvalue weighted by Gasteiger charge is 2.26. The summed E-state index contributed by atoms with van der Waals surface area (Å²) in [5.41, 5.74) is 2.73. The van der Waals surface area contributed by atoms with Crippen LogP contribution in [-0.2, 0) is 0 Å². The van der Waals surface area contributed by atoms with Crippen LogP contribution in [0, 0.1) is 12.8 Å². The second-order valence-electron chi connectivity index (χ2n) is 4.74. The molecule has 0 radical (unpaired) electrons. The van der Waals surface area contributed by atoms with E-state index in [4.69, 9.17) is 4.74 Å². The van der Waals surface area contributed by atoms with Crippen molar-refractivity contribution in [3.8, 4) is 5.75 Å². The van der Waals surface area contributed by atoms with Gasteiger partial charge in [-0.25, -0.2) is 0 Å². The summed E-state index contributed by atoms with van der Waals surface area (Å²) in [7, 11) is 3.77. The van der Waals surface area contributed by atoms with E-state index in [2.05, 4.69) is 37.5 Å². The Labute approximate surface area is 98.0 Å². The van der Waals surface area contributed by atoms with E-state index in [9.17, 15) is 0 Å². The van der Waals surface area contributed by atoms with Gasteiger partial charge >= 0.3 is 0 Å². The summed E-state index contributed by atoms with van der Waals surface area (Å²) in [5, 5.41) is 3.43. The highest BCUT2D eigenvalue weighted by molar-refractivity contribution is 5.36. The maximum atomic E-state index is 5.24. The molecule has 2 heteroatoms. The molecule has 0 aliphatic heterocycles. The number of aryl methyl sites for hydroxylation is 1. The van der Waals surface area contributed by atoms with Crippen molar-refractivity contribution in [1.82, 2.24) is 5.32 Å². The van der Waals surface area contributed by atoms with Crippen molar-refractivity contribution < 1.29 is 4.74 Å². The minimum atomic E-state index is 0.499. The summed E-state index contributed by atoms with van der Waals surface area (Å²) in [6, 6.07) is 6.86. The molecule has 1 saturated carbocycles. The third-order valence-electron chi connectivity index (χ3n) is 3.47. The Morgan fingerprint density at radius 1 is 1.44 bits per heavy atom. The smallest absolute Gasteiger partial charge is 0.119 e. The molecule has 0 amide bonds. The summed E-state index contributed by atoms with van der Waals surface area (Å²) < 4.78 is 5.24. The molecule has 1 aliphatic carbocycles. The van der Waals surface area contributed by atoms with Gasteiger partial charge in [-0.05, 0) is 49.6 Å². The summed E-state index contributed by atoms with van der Waals surface area (Å²) in [6.07, 6.45) is 4.09. The molecular formula is C14H21NO. The fraction of sp³-hybridized carbons (Fsp3) is 0.571. The van der Waals surface area contributed by atoms with Gasteiger partial charge < -0.3 is 10.1 Å². The molecule has 1 aliphatic rings. The Hall–Kier alpha value is -1.02. The minimum Gasteiger partial charge on any atom is -0.497 e. The molecule has 16 heavy (non-hydrogen) atoms. The lowest BCUT2D eigenvalue weighted by Gasteiger charge is -2.19. The summed E-state index contributed by atoms with van der Waals surface area (Å²) in [5.74, 6) is 1.89. The van der Waals surface area contributed by atoms with Gasteiger partial charge in [-0.2, -0.15) is 0 Å². The topological polar surface area (TPSA) is 21.3 Å². The van der Waals surface area contributed by atoms with Gasteiger partial charge in [-0.1, -0.05) is 18.9 Å². The first kappa shape index (κ1) is 11.5. The fourth-order valence-electron chi connectivity index (χ4n) is 2.25. The van der Waals surface area contributed by atoms with Gasteiger partial charge in [0, 0.05) is 6.04 Å². The molecule has 0 saturated heterocycles. The van der Waals surface area contributed by atoms with Crippen molar-refractivity contribution in [1.29, 1.82) is 0 Å². The minimum absolute atomic E-state index is 0.499. The third-order valence-corrected chi connectivity index (χ3v) is 3.47. The van der Waals surface area contributed by atoms with E-state index >= 15 is 0 Å². The van der Waals surface area contributed by atoms with Crippen molar-refractivity contribution in [2.24, 2.45) is 5.92 Å². The SMILES string of the molecule is CNC(CC1CC1)c1ccc(OC)cc1C. The number of methoxy groups -OCH3 is 1. The molecule has 0 bridgehead atoms. The molecule has 0 aromatic heterocycles. The van der Waals surface area contributed by atoms with Crippen LogP contribution in [0.3, 0.4) is 0 Å². The molecule has 1 fully saturated rings. The van der Waals surface area contributed by atoms with E-state index in [1.54, 1.807) is 7.11 Å². The number of rotatable bonds is 5. The van der Waals surface area contributed by atoms with Crippen LogP contribution in [0.2, 0.25) is 0 Å². The highest BCUT2D eigenvalue weighted by atomic mass is 16.5. The van der Waals surface area contributed by atoms with Crippen LogP contribution in [0.1, 0.15) is 36.4 Å². The van der Waals surface area contributed by atoms with Crippen molar-refractivity contribution in [2.75, 3.05) is 14.2 Å². The van der Waals surface area contributed by atoms with Gasteiger partial charge in [0.2, 0.25) is 0 Å². The average molecular weight is 219 g/mol. The quantitative estimate of drug-likeness (QED) is 0.821. The molecule has 1 aromatic carbocycles. The maximum Gasteiger partial charge on any atom is 0.119 e. The molecule has 2 nitrogen and oxygen atoms in total. The first-order valence-corrected chi connectivity index (χ1v) is 6.06. The fourth-order valence-corrected chi connectivity index (χ4v) is 2.25. The first-order valence-electron chi connectivity index (χ1n) is 6.06. The lowest BCUT2D eigenvalue weighted by atomic mass is 9.97. The number of hydrogen-bond donors (Lipinski definition) is 1. The van der Waals surface area contributed by atoms with Crippen molar-refractivity contribution in [2.45, 2.75) is 32.2 Å². The summed E-state index contributed by atoms with van der Waals surface area (Å²) >= 11 is 0. The second kappa shape index (κ2) is 4.88. The summed E-state index contributed by atoms with van der Waals surface area (Å²) in [6.45, 7) is 2.16. The van der Waals surface area contributed by atoms with Gasteiger partial charge in [0.05, 0.1) is 7.11 Å². The molecule has 0 spiro atoms. The van der Waals surface area contributed by atoms with E-state index < -0.39 is 0 Å². The number of benzene rings is 1. The van der Waals surface area contributed by atoms with Crippen LogP contribution in [-0.4, -0.2) is 14.2 Å². The standard InChI is InChI=1S/C14H21NO/c1-10-8-12(16-3)6-7-13(10)14(15-2)9-11-4-5-11/h6-8,11,14-15H,4-5,9H2,1-3H3. The molecule has 0 heterocycles. The van der Waals surface area contributed by atoms with Crippen LogP contribution >= 0.6 is 0 Å². The van der Waals surface area contributed by atoms with E-state index in [-0.39, 0.29) is 0 Å². The lowest BCUT2D eigenvalue weighted by molar-refractivity contribution is 0.413. The van der Waals surface area contributed by atoms with Crippen molar-refractivity contribution >= 4 is 0 Å². The van der Waals surface area contributed by atoms with Gasteiger partial charge in [0.15, 0.2) is 0 Å². The Balaban J connectivity index is 2.15. The van der Waals surface area contributed by atoms with Crippen LogP contribution in [0.4, 0.5) is 0 Å². The zero-order valence-electron chi connectivity index (χ0n) is 10.4. The van der Waals surface area contributed by atoms with E-state index in [1.165, 1.54) is 30.4 Å². The normalized spacial score (nSPS) is 17.2. The molecular weight excluding hydrogens is 198 g/mol. The predicted molar refractivity (Wildman–Crippen MR) is 66.9 cm³/mol. The first-order chi connectivity index (χ1) is 7.74. The van der Waals surface area contributed by atoms with Crippen LogP contribution < -0.4 is 10.1 Å². The molecule has 1 N–H and O–H groups in total. The van der Waals surface area contributed by atoms with Gasteiger partial charge in [-0.15, -0.1) is 0 Å².